The maximum atomic E-state index is 12.1. The highest BCUT2D eigenvalue weighted by atomic mass is 16.2. The summed E-state index contributed by atoms with van der Waals surface area (Å²) in [5, 5.41) is 5.87. The van der Waals surface area contributed by atoms with Crippen molar-refractivity contribution in [2.24, 2.45) is 11.8 Å². The van der Waals surface area contributed by atoms with Gasteiger partial charge in [0, 0.05) is 17.3 Å². The number of hydrogen-bond acceptors (Lipinski definition) is 2. The molecule has 1 saturated carbocycles. The number of urea groups is 1. The molecule has 3 unspecified atom stereocenters. The quantitative estimate of drug-likeness (QED) is 0.830. The highest BCUT2D eigenvalue weighted by molar-refractivity contribution is 5.96. The van der Waals surface area contributed by atoms with Crippen LogP contribution in [-0.4, -0.2) is 17.9 Å². The van der Waals surface area contributed by atoms with Crippen LogP contribution in [0.1, 0.15) is 50.4 Å². The molecule has 0 aromatic heterocycles. The van der Waals surface area contributed by atoms with Crippen molar-refractivity contribution < 1.29 is 9.59 Å². The zero-order chi connectivity index (χ0) is 15.4. The molecule has 1 aromatic carbocycles. The number of benzene rings is 1. The maximum absolute atomic E-state index is 12.1. The lowest BCUT2D eigenvalue weighted by molar-refractivity contribution is 0.101. The van der Waals surface area contributed by atoms with Gasteiger partial charge in [0.15, 0.2) is 5.78 Å². The highest BCUT2D eigenvalue weighted by Gasteiger charge is 2.26. The molecule has 3 atom stereocenters. The number of carbonyl (C=O) groups is 2. The Morgan fingerprint density at radius 1 is 1.19 bits per heavy atom. The van der Waals surface area contributed by atoms with Gasteiger partial charge in [-0.25, -0.2) is 4.79 Å². The van der Waals surface area contributed by atoms with Crippen molar-refractivity contribution in [2.45, 2.75) is 46.1 Å². The smallest absolute Gasteiger partial charge is 0.319 e. The van der Waals surface area contributed by atoms with Crippen LogP contribution in [0.15, 0.2) is 24.3 Å². The summed E-state index contributed by atoms with van der Waals surface area (Å²) in [6.45, 7) is 5.97. The van der Waals surface area contributed by atoms with E-state index in [9.17, 15) is 9.59 Å². The first-order valence-electron chi connectivity index (χ1n) is 7.64. The molecule has 0 heterocycles. The van der Waals surface area contributed by atoms with E-state index in [1.165, 1.54) is 6.92 Å². The Morgan fingerprint density at radius 2 is 1.95 bits per heavy atom. The number of ketones is 1. The van der Waals surface area contributed by atoms with Crippen molar-refractivity contribution in [3.05, 3.63) is 29.8 Å². The minimum Gasteiger partial charge on any atom is -0.335 e. The second kappa shape index (κ2) is 6.74. The number of carbonyl (C=O) groups excluding carboxylic acids is 2. The maximum Gasteiger partial charge on any atom is 0.319 e. The minimum absolute atomic E-state index is 0.00560. The molecule has 0 saturated heterocycles. The standard InChI is InChI=1S/C17H24N2O2/c1-11-7-8-16(12(2)9-11)19-17(21)18-15-6-4-5-14(10-15)13(3)20/h4-6,10-12,16H,7-9H2,1-3H3,(H2,18,19,21). The van der Waals surface area contributed by atoms with Gasteiger partial charge in [0.25, 0.3) is 0 Å². The molecule has 1 aromatic rings. The van der Waals surface area contributed by atoms with Gasteiger partial charge in [-0.05, 0) is 50.2 Å². The van der Waals surface area contributed by atoms with Gasteiger partial charge in [0.1, 0.15) is 0 Å². The van der Waals surface area contributed by atoms with E-state index in [1.54, 1.807) is 24.3 Å². The third-order valence-electron chi connectivity index (χ3n) is 4.27. The normalized spacial score (nSPS) is 25.2. The van der Waals surface area contributed by atoms with Gasteiger partial charge in [-0.1, -0.05) is 26.0 Å². The topological polar surface area (TPSA) is 58.2 Å². The fourth-order valence-electron chi connectivity index (χ4n) is 3.03. The molecular weight excluding hydrogens is 264 g/mol. The summed E-state index contributed by atoms with van der Waals surface area (Å²) in [6, 6.07) is 7.05. The zero-order valence-electron chi connectivity index (χ0n) is 13.0. The minimum atomic E-state index is -0.192. The molecule has 4 heteroatoms. The van der Waals surface area contributed by atoms with Gasteiger partial charge in [0.2, 0.25) is 0 Å². The van der Waals surface area contributed by atoms with Gasteiger partial charge >= 0.3 is 6.03 Å². The summed E-state index contributed by atoms with van der Waals surface area (Å²) in [7, 11) is 0. The van der Waals surface area contributed by atoms with Gasteiger partial charge in [0.05, 0.1) is 0 Å². The monoisotopic (exact) mass is 288 g/mol. The summed E-state index contributed by atoms with van der Waals surface area (Å²) < 4.78 is 0. The van der Waals surface area contributed by atoms with Gasteiger partial charge < -0.3 is 10.6 Å². The fourth-order valence-corrected chi connectivity index (χ4v) is 3.03. The molecule has 2 N–H and O–H groups in total. The third-order valence-corrected chi connectivity index (χ3v) is 4.27. The van der Waals surface area contributed by atoms with Crippen molar-refractivity contribution >= 4 is 17.5 Å². The van der Waals surface area contributed by atoms with Crippen LogP contribution in [0, 0.1) is 11.8 Å². The molecule has 114 valence electrons. The average Bonchev–Trinajstić information content (AvgIpc) is 2.42. The predicted octanol–water partition coefficient (Wildman–Crippen LogP) is 3.84. The van der Waals surface area contributed by atoms with E-state index in [2.05, 4.69) is 24.5 Å². The summed E-state index contributed by atoms with van der Waals surface area (Å²) in [5.74, 6) is 1.24. The molecule has 4 nitrogen and oxygen atoms in total. The van der Waals surface area contributed by atoms with Crippen LogP contribution in [0.2, 0.25) is 0 Å². The summed E-state index contributed by atoms with van der Waals surface area (Å²) in [4.78, 5) is 23.4. The Bertz CT molecular complexity index is 527. The molecule has 1 aliphatic carbocycles. The highest BCUT2D eigenvalue weighted by Crippen LogP contribution is 2.28. The Labute approximate surface area is 126 Å². The van der Waals surface area contributed by atoms with Gasteiger partial charge in [-0.15, -0.1) is 0 Å². The molecule has 21 heavy (non-hydrogen) atoms. The molecular formula is C17H24N2O2. The largest absolute Gasteiger partial charge is 0.335 e. The third kappa shape index (κ3) is 4.31. The molecule has 2 amide bonds. The Kier molecular flexibility index (Phi) is 4.99. The number of amides is 2. The SMILES string of the molecule is CC(=O)c1cccc(NC(=O)NC2CCC(C)CC2C)c1. The van der Waals surface area contributed by atoms with Crippen molar-refractivity contribution in [3.63, 3.8) is 0 Å². The lowest BCUT2D eigenvalue weighted by atomic mass is 9.80. The molecule has 1 aliphatic rings. The van der Waals surface area contributed by atoms with Crippen molar-refractivity contribution in [1.82, 2.24) is 5.32 Å². The van der Waals surface area contributed by atoms with Crippen LogP contribution in [0.5, 0.6) is 0 Å². The van der Waals surface area contributed by atoms with E-state index in [-0.39, 0.29) is 17.9 Å². The molecule has 0 aliphatic heterocycles. The van der Waals surface area contributed by atoms with Crippen molar-refractivity contribution in [2.75, 3.05) is 5.32 Å². The van der Waals surface area contributed by atoms with E-state index in [1.807, 2.05) is 0 Å². The van der Waals surface area contributed by atoms with Crippen LogP contribution in [0.3, 0.4) is 0 Å². The van der Waals surface area contributed by atoms with E-state index in [4.69, 9.17) is 0 Å². The van der Waals surface area contributed by atoms with Crippen LogP contribution in [0.4, 0.5) is 10.5 Å². The second-order valence-electron chi connectivity index (χ2n) is 6.24. The first-order chi connectivity index (χ1) is 9.95. The molecule has 0 bridgehead atoms. The zero-order valence-corrected chi connectivity index (χ0v) is 13.0. The number of nitrogens with one attached hydrogen (secondary N) is 2. The van der Waals surface area contributed by atoms with Crippen LogP contribution in [0.25, 0.3) is 0 Å². The Balaban J connectivity index is 1.92. The lowest BCUT2D eigenvalue weighted by Gasteiger charge is -2.33. The predicted molar refractivity (Wildman–Crippen MR) is 84.6 cm³/mol. The van der Waals surface area contributed by atoms with Crippen LogP contribution >= 0.6 is 0 Å². The van der Waals surface area contributed by atoms with E-state index < -0.39 is 0 Å². The first-order valence-corrected chi connectivity index (χ1v) is 7.64. The molecule has 0 spiro atoms. The lowest BCUT2D eigenvalue weighted by Crippen LogP contribution is -2.44. The fraction of sp³-hybridized carbons (Fsp3) is 0.529. The molecule has 0 radical (unpaired) electrons. The number of hydrogen-bond donors (Lipinski definition) is 2. The van der Waals surface area contributed by atoms with Gasteiger partial charge in [-0.3, -0.25) is 4.79 Å². The van der Waals surface area contributed by atoms with Gasteiger partial charge in [-0.2, -0.15) is 0 Å². The van der Waals surface area contributed by atoms with Crippen LogP contribution < -0.4 is 10.6 Å². The summed E-state index contributed by atoms with van der Waals surface area (Å²) in [6.07, 6.45) is 3.35. The number of anilines is 1. The van der Waals surface area contributed by atoms with E-state index >= 15 is 0 Å². The number of rotatable bonds is 3. The first kappa shape index (κ1) is 15.5. The Morgan fingerprint density at radius 3 is 2.62 bits per heavy atom. The van der Waals surface area contributed by atoms with Crippen molar-refractivity contribution in [3.8, 4) is 0 Å². The molecule has 2 rings (SSSR count). The average molecular weight is 288 g/mol. The second-order valence-corrected chi connectivity index (χ2v) is 6.24. The molecule has 1 fully saturated rings. The Hall–Kier alpha value is -1.84. The van der Waals surface area contributed by atoms with E-state index in [0.717, 1.165) is 25.2 Å². The summed E-state index contributed by atoms with van der Waals surface area (Å²) in [5.41, 5.74) is 1.25. The van der Waals surface area contributed by atoms with E-state index in [0.29, 0.717) is 17.2 Å². The number of Topliss-reactive ketones (excluding diaryl/α,β-unsaturated/α-hetero) is 1. The summed E-state index contributed by atoms with van der Waals surface area (Å²) >= 11 is 0. The van der Waals surface area contributed by atoms with Crippen molar-refractivity contribution in [1.29, 1.82) is 0 Å². The van der Waals surface area contributed by atoms with Crippen LogP contribution in [-0.2, 0) is 0 Å².